The summed E-state index contributed by atoms with van der Waals surface area (Å²) >= 11 is 0. The first kappa shape index (κ1) is 18.0. The molecule has 2 aliphatic rings. The summed E-state index contributed by atoms with van der Waals surface area (Å²) in [4.78, 5) is 19.2. The van der Waals surface area contributed by atoms with Crippen LogP contribution in [0.2, 0.25) is 0 Å². The molecule has 0 spiro atoms. The van der Waals surface area contributed by atoms with E-state index < -0.39 is 0 Å². The Morgan fingerprint density at radius 3 is 2.48 bits per heavy atom. The number of ether oxygens (including phenoxy) is 2. The van der Waals surface area contributed by atoms with Gasteiger partial charge in [0.25, 0.3) is 0 Å². The molecule has 0 radical (unpaired) electrons. The maximum atomic E-state index is 12.6. The lowest BCUT2D eigenvalue weighted by atomic mass is 10.2. The predicted molar refractivity (Wildman–Crippen MR) is 92.3 cm³/mol. The van der Waals surface area contributed by atoms with Gasteiger partial charge in [-0.1, -0.05) is 0 Å². The number of carbonyl (C=O) groups excluding carboxylic acids is 1. The van der Waals surface area contributed by atoms with Crippen molar-refractivity contribution in [2.24, 2.45) is 0 Å². The van der Waals surface area contributed by atoms with Crippen molar-refractivity contribution in [2.75, 3.05) is 59.6 Å². The van der Waals surface area contributed by atoms with Crippen LogP contribution in [-0.2, 0) is 16.1 Å². The molecule has 138 valence electrons. The van der Waals surface area contributed by atoms with Gasteiger partial charge in [0.2, 0.25) is 11.8 Å². The minimum absolute atomic E-state index is 0.0685. The fraction of sp³-hybridized carbons (Fsp3) is 0.706. The van der Waals surface area contributed by atoms with Crippen molar-refractivity contribution in [1.82, 2.24) is 24.9 Å². The average molecular weight is 349 g/mol. The monoisotopic (exact) mass is 349 g/mol. The van der Waals surface area contributed by atoms with Crippen LogP contribution in [0.15, 0.2) is 12.1 Å². The first-order valence-electron chi connectivity index (χ1n) is 8.87. The van der Waals surface area contributed by atoms with E-state index in [1.807, 2.05) is 24.0 Å². The molecule has 0 bridgehead atoms. The highest BCUT2D eigenvalue weighted by Crippen LogP contribution is 2.13. The third kappa shape index (κ3) is 4.65. The maximum Gasteiger partial charge on any atom is 0.239 e. The molecule has 1 atom stereocenters. The number of piperazine rings is 1. The molecule has 1 aromatic heterocycles. The van der Waals surface area contributed by atoms with Crippen LogP contribution >= 0.6 is 0 Å². The zero-order valence-corrected chi connectivity index (χ0v) is 15.1. The van der Waals surface area contributed by atoms with Crippen LogP contribution in [0, 0.1) is 0 Å². The molecule has 0 saturated carbocycles. The average Bonchev–Trinajstić information content (AvgIpc) is 2.69. The third-order valence-corrected chi connectivity index (χ3v) is 4.92. The molecular formula is C17H27N5O3. The van der Waals surface area contributed by atoms with Crippen LogP contribution in [0.25, 0.3) is 0 Å². The van der Waals surface area contributed by atoms with E-state index in [9.17, 15) is 4.79 Å². The summed E-state index contributed by atoms with van der Waals surface area (Å²) in [7, 11) is 1.59. The second-order valence-corrected chi connectivity index (χ2v) is 6.49. The number of morpholine rings is 1. The molecule has 0 aromatic carbocycles. The third-order valence-electron chi connectivity index (χ3n) is 4.92. The molecule has 3 heterocycles. The number of amides is 1. The zero-order chi connectivity index (χ0) is 17.6. The topological polar surface area (TPSA) is 71.0 Å². The molecule has 0 aliphatic carbocycles. The quantitative estimate of drug-likeness (QED) is 0.732. The van der Waals surface area contributed by atoms with Crippen molar-refractivity contribution in [2.45, 2.75) is 19.5 Å². The molecule has 0 unspecified atom stereocenters. The Balaban J connectivity index is 1.46. The van der Waals surface area contributed by atoms with Gasteiger partial charge in [-0.05, 0) is 13.0 Å². The summed E-state index contributed by atoms with van der Waals surface area (Å²) < 4.78 is 10.4. The van der Waals surface area contributed by atoms with Gasteiger partial charge in [-0.2, -0.15) is 5.10 Å². The lowest BCUT2D eigenvalue weighted by Crippen LogP contribution is -2.55. The number of nitrogens with zero attached hydrogens (tertiary/aromatic N) is 5. The van der Waals surface area contributed by atoms with Gasteiger partial charge in [-0.3, -0.25) is 14.6 Å². The Hall–Kier alpha value is -1.77. The zero-order valence-electron chi connectivity index (χ0n) is 15.1. The normalized spacial score (nSPS) is 21.1. The molecular weight excluding hydrogens is 322 g/mol. The van der Waals surface area contributed by atoms with E-state index in [2.05, 4.69) is 20.0 Å². The van der Waals surface area contributed by atoms with E-state index in [-0.39, 0.29) is 11.9 Å². The molecule has 3 rings (SSSR count). The maximum absolute atomic E-state index is 12.6. The highest BCUT2D eigenvalue weighted by molar-refractivity contribution is 5.81. The summed E-state index contributed by atoms with van der Waals surface area (Å²) in [6, 6.07) is 3.71. The molecule has 1 aromatic rings. The van der Waals surface area contributed by atoms with Crippen molar-refractivity contribution in [3.05, 3.63) is 17.8 Å². The number of hydrogen-bond donors (Lipinski definition) is 0. The number of carbonyl (C=O) groups is 1. The summed E-state index contributed by atoms with van der Waals surface area (Å²) in [5, 5.41) is 8.20. The van der Waals surface area contributed by atoms with E-state index in [4.69, 9.17) is 9.47 Å². The lowest BCUT2D eigenvalue weighted by molar-refractivity contribution is -0.141. The van der Waals surface area contributed by atoms with E-state index in [1.165, 1.54) is 0 Å². The Morgan fingerprint density at radius 2 is 1.88 bits per heavy atom. The van der Waals surface area contributed by atoms with Crippen LogP contribution in [0.4, 0.5) is 0 Å². The van der Waals surface area contributed by atoms with E-state index in [0.29, 0.717) is 32.2 Å². The summed E-state index contributed by atoms with van der Waals surface area (Å²) in [5.74, 6) is 0.752. The van der Waals surface area contributed by atoms with Crippen LogP contribution in [-0.4, -0.2) is 96.4 Å². The van der Waals surface area contributed by atoms with E-state index >= 15 is 0 Å². The number of aromatic nitrogens is 2. The molecule has 1 amide bonds. The first-order chi connectivity index (χ1) is 12.2. The van der Waals surface area contributed by atoms with Crippen LogP contribution in [0.1, 0.15) is 12.6 Å². The molecule has 2 fully saturated rings. The second kappa shape index (κ2) is 8.55. The van der Waals surface area contributed by atoms with Crippen molar-refractivity contribution < 1.29 is 14.3 Å². The van der Waals surface area contributed by atoms with Gasteiger partial charge in [-0.15, -0.1) is 5.10 Å². The minimum atomic E-state index is -0.0685. The van der Waals surface area contributed by atoms with Gasteiger partial charge in [0.15, 0.2) is 0 Å². The van der Waals surface area contributed by atoms with E-state index in [0.717, 1.165) is 38.4 Å². The SMILES string of the molecule is COc1ccc(CN2CCN([C@@H](C)C(=O)N3CCOCC3)CC2)nn1. The highest BCUT2D eigenvalue weighted by Gasteiger charge is 2.29. The van der Waals surface area contributed by atoms with E-state index in [1.54, 1.807) is 7.11 Å². The summed E-state index contributed by atoms with van der Waals surface area (Å²) in [6.45, 7) is 9.13. The highest BCUT2D eigenvalue weighted by atomic mass is 16.5. The van der Waals surface area contributed by atoms with Crippen LogP contribution in [0.5, 0.6) is 5.88 Å². The molecule has 25 heavy (non-hydrogen) atoms. The molecule has 0 N–H and O–H groups in total. The first-order valence-corrected chi connectivity index (χ1v) is 8.87. The number of methoxy groups -OCH3 is 1. The molecule has 2 aliphatic heterocycles. The van der Waals surface area contributed by atoms with Gasteiger partial charge in [-0.25, -0.2) is 0 Å². The van der Waals surface area contributed by atoms with Gasteiger partial charge in [0.05, 0.1) is 32.1 Å². The van der Waals surface area contributed by atoms with Crippen LogP contribution in [0.3, 0.4) is 0 Å². The molecule has 8 nitrogen and oxygen atoms in total. The predicted octanol–water partition coefficient (Wildman–Crippen LogP) is -0.150. The fourth-order valence-electron chi connectivity index (χ4n) is 3.28. The smallest absolute Gasteiger partial charge is 0.239 e. The lowest BCUT2D eigenvalue weighted by Gasteiger charge is -2.39. The van der Waals surface area contributed by atoms with Crippen molar-refractivity contribution in [3.8, 4) is 5.88 Å². The molecule has 8 heteroatoms. The summed E-state index contributed by atoms with van der Waals surface area (Å²) in [6.07, 6.45) is 0. The Kier molecular flexibility index (Phi) is 6.17. The minimum Gasteiger partial charge on any atom is -0.480 e. The number of hydrogen-bond acceptors (Lipinski definition) is 7. The van der Waals surface area contributed by atoms with Crippen LogP contribution < -0.4 is 4.74 Å². The fourth-order valence-corrected chi connectivity index (χ4v) is 3.28. The Labute approximate surface area is 148 Å². The Morgan fingerprint density at radius 1 is 1.16 bits per heavy atom. The summed E-state index contributed by atoms with van der Waals surface area (Å²) in [5.41, 5.74) is 0.937. The van der Waals surface area contributed by atoms with Gasteiger partial charge >= 0.3 is 0 Å². The largest absolute Gasteiger partial charge is 0.480 e. The Bertz CT molecular complexity index is 554. The van der Waals surface area contributed by atoms with Crippen molar-refractivity contribution >= 4 is 5.91 Å². The second-order valence-electron chi connectivity index (χ2n) is 6.49. The van der Waals surface area contributed by atoms with Crippen molar-refractivity contribution in [1.29, 1.82) is 0 Å². The standard InChI is InChI=1S/C17H27N5O3/c1-14(17(23)22-9-11-25-12-10-22)21-7-5-20(6-8-21)13-15-3-4-16(24-2)19-18-15/h3-4,14H,5-13H2,1-2H3/t14-/m0/s1. The van der Waals surface area contributed by atoms with Gasteiger partial charge in [0, 0.05) is 51.9 Å². The van der Waals surface area contributed by atoms with Crippen molar-refractivity contribution in [3.63, 3.8) is 0 Å². The number of rotatable bonds is 5. The van der Waals surface area contributed by atoms with Gasteiger partial charge < -0.3 is 14.4 Å². The van der Waals surface area contributed by atoms with Gasteiger partial charge in [0.1, 0.15) is 0 Å². The molecule has 2 saturated heterocycles.